The summed E-state index contributed by atoms with van der Waals surface area (Å²) in [5, 5.41) is 3.42. The molecule has 2 aromatic rings. The highest BCUT2D eigenvalue weighted by atomic mass is 32.2. The standard InChI is InChI=1S/C16H22FNO.C8H14.C7H8FNO2S/c1-18-15-6-5-11-8-16(19-2)14(17)9-12(11)13(15)7-10-3-4-10;1-7-3-5-8(2)6-4-7;1-9-12(10,11)7-5-3-2-4-6(7)8/h8-10,13,15,18H,3-7H2,1-2H3;8H,1,3-6H2,2H3;2-5,9H,1H3. The molecule has 3 aliphatic carbocycles. The quantitative estimate of drug-likeness (QED) is 0.383. The summed E-state index contributed by atoms with van der Waals surface area (Å²) in [6.07, 6.45) is 11.3. The second-order valence-corrected chi connectivity index (χ2v) is 12.8. The molecule has 8 heteroatoms. The van der Waals surface area contributed by atoms with Crippen LogP contribution in [0.3, 0.4) is 0 Å². The van der Waals surface area contributed by atoms with E-state index in [9.17, 15) is 17.2 Å². The minimum Gasteiger partial charge on any atom is -0.494 e. The van der Waals surface area contributed by atoms with Gasteiger partial charge in [-0.15, -0.1) is 0 Å². The van der Waals surface area contributed by atoms with E-state index < -0.39 is 15.8 Å². The van der Waals surface area contributed by atoms with Gasteiger partial charge in [0.05, 0.1) is 7.11 Å². The van der Waals surface area contributed by atoms with E-state index in [0.717, 1.165) is 30.7 Å². The summed E-state index contributed by atoms with van der Waals surface area (Å²) in [4.78, 5) is -0.326. The smallest absolute Gasteiger partial charge is 0.243 e. The fourth-order valence-corrected chi connectivity index (χ4v) is 6.15. The zero-order chi connectivity index (χ0) is 28.6. The average molecular weight is 563 g/mol. The van der Waals surface area contributed by atoms with Crippen LogP contribution in [0.4, 0.5) is 8.78 Å². The molecule has 0 saturated heterocycles. The Labute approximate surface area is 233 Å². The molecule has 39 heavy (non-hydrogen) atoms. The zero-order valence-electron chi connectivity index (χ0n) is 23.7. The van der Waals surface area contributed by atoms with Gasteiger partial charge in [0, 0.05) is 6.04 Å². The number of benzene rings is 2. The molecule has 2 unspecified atom stereocenters. The average Bonchev–Trinajstić information content (AvgIpc) is 3.75. The topological polar surface area (TPSA) is 67.4 Å². The van der Waals surface area contributed by atoms with E-state index in [1.807, 2.05) is 17.8 Å². The van der Waals surface area contributed by atoms with Crippen LogP contribution in [0.1, 0.15) is 75.3 Å². The first-order valence-electron chi connectivity index (χ1n) is 14.0. The third kappa shape index (κ3) is 8.85. The van der Waals surface area contributed by atoms with Gasteiger partial charge in [0.15, 0.2) is 11.6 Å². The Hall–Kier alpha value is -2.29. The molecule has 3 aliphatic rings. The Morgan fingerprint density at radius 1 is 0.974 bits per heavy atom. The molecule has 216 valence electrons. The van der Waals surface area contributed by atoms with E-state index in [0.29, 0.717) is 17.7 Å². The molecule has 0 bridgehead atoms. The second kappa shape index (κ2) is 14.4. The van der Waals surface area contributed by atoms with Crippen LogP contribution in [0.5, 0.6) is 5.75 Å². The molecule has 5 nitrogen and oxygen atoms in total. The fourth-order valence-electron chi connectivity index (χ4n) is 5.35. The maximum atomic E-state index is 14.0. The molecule has 0 heterocycles. The Kier molecular flexibility index (Phi) is 11.5. The molecular weight excluding hydrogens is 518 g/mol. The van der Waals surface area contributed by atoms with Gasteiger partial charge in [-0.25, -0.2) is 21.9 Å². The molecule has 0 aromatic heterocycles. The second-order valence-electron chi connectivity index (χ2n) is 11.0. The number of methoxy groups -OCH3 is 1. The van der Waals surface area contributed by atoms with Gasteiger partial charge in [-0.3, -0.25) is 0 Å². The van der Waals surface area contributed by atoms with Crippen LogP contribution in [0.25, 0.3) is 0 Å². The molecule has 2 saturated carbocycles. The third-order valence-corrected chi connectivity index (χ3v) is 9.50. The lowest BCUT2D eigenvalue weighted by atomic mass is 9.76. The molecule has 2 fully saturated rings. The number of allylic oxidation sites excluding steroid dienone is 1. The van der Waals surface area contributed by atoms with Gasteiger partial charge >= 0.3 is 0 Å². The number of sulfonamides is 1. The van der Waals surface area contributed by atoms with E-state index in [2.05, 4.69) is 18.8 Å². The largest absolute Gasteiger partial charge is 0.494 e. The van der Waals surface area contributed by atoms with E-state index in [1.165, 1.54) is 94.0 Å². The van der Waals surface area contributed by atoms with Crippen LogP contribution in [-0.2, 0) is 16.4 Å². The Morgan fingerprint density at radius 2 is 1.64 bits per heavy atom. The molecule has 0 amide bonds. The van der Waals surface area contributed by atoms with E-state index in [4.69, 9.17) is 4.74 Å². The normalized spacial score (nSPS) is 21.1. The fraction of sp³-hybridized carbons (Fsp3) is 0.548. The van der Waals surface area contributed by atoms with Crippen molar-refractivity contribution in [1.29, 1.82) is 0 Å². The van der Waals surface area contributed by atoms with Crippen LogP contribution in [0.15, 0.2) is 53.4 Å². The summed E-state index contributed by atoms with van der Waals surface area (Å²) in [6, 6.07) is 9.31. The van der Waals surface area contributed by atoms with Crippen LogP contribution < -0.4 is 14.8 Å². The third-order valence-electron chi connectivity index (χ3n) is 8.05. The summed E-state index contributed by atoms with van der Waals surface area (Å²) in [5.41, 5.74) is 3.94. The van der Waals surface area contributed by atoms with Crippen molar-refractivity contribution in [2.24, 2.45) is 11.8 Å². The highest BCUT2D eigenvalue weighted by Crippen LogP contribution is 2.44. The first-order valence-corrected chi connectivity index (χ1v) is 15.5. The van der Waals surface area contributed by atoms with Crippen molar-refractivity contribution in [3.8, 4) is 5.75 Å². The molecule has 0 aliphatic heterocycles. The van der Waals surface area contributed by atoms with Crippen molar-refractivity contribution in [2.45, 2.75) is 81.6 Å². The number of hydrogen-bond acceptors (Lipinski definition) is 4. The van der Waals surface area contributed by atoms with E-state index in [-0.39, 0.29) is 10.7 Å². The monoisotopic (exact) mass is 562 g/mol. The van der Waals surface area contributed by atoms with Gasteiger partial charge in [-0.2, -0.15) is 0 Å². The van der Waals surface area contributed by atoms with Crippen molar-refractivity contribution in [2.75, 3.05) is 21.2 Å². The molecular formula is C31H44F2N2O3S. The summed E-state index contributed by atoms with van der Waals surface area (Å²) in [7, 11) is 1.14. The minimum absolute atomic E-state index is 0.223. The van der Waals surface area contributed by atoms with Crippen LogP contribution in [-0.4, -0.2) is 35.7 Å². The maximum Gasteiger partial charge on any atom is 0.243 e. The lowest BCUT2D eigenvalue weighted by Crippen LogP contribution is -2.36. The molecule has 2 N–H and O–H groups in total. The van der Waals surface area contributed by atoms with Crippen molar-refractivity contribution in [3.05, 3.63) is 71.3 Å². The summed E-state index contributed by atoms with van der Waals surface area (Å²) < 4.78 is 56.1. The van der Waals surface area contributed by atoms with Crippen LogP contribution >= 0.6 is 0 Å². The van der Waals surface area contributed by atoms with Gasteiger partial charge in [-0.1, -0.05) is 44.1 Å². The van der Waals surface area contributed by atoms with Crippen LogP contribution in [0, 0.1) is 23.5 Å². The van der Waals surface area contributed by atoms with E-state index in [1.54, 1.807) is 6.07 Å². The highest BCUT2D eigenvalue weighted by molar-refractivity contribution is 7.89. The number of ether oxygens (including phenoxy) is 1. The number of fused-ring (bicyclic) bond motifs is 1. The zero-order valence-corrected chi connectivity index (χ0v) is 24.5. The molecule has 2 aromatic carbocycles. The van der Waals surface area contributed by atoms with Gasteiger partial charge in [0.2, 0.25) is 10.0 Å². The highest BCUT2D eigenvalue weighted by Gasteiger charge is 2.34. The maximum absolute atomic E-state index is 14.0. The number of likely N-dealkylation sites (N-methyl/N-ethyl adjacent to an activating group) is 1. The number of aryl methyl sites for hydroxylation is 1. The SMILES string of the molecule is C=C1CCC(C)CC1.CNC1CCc2cc(OC)c(F)cc2C1CC1CC1.CNS(=O)(=O)c1ccccc1F. The number of halogens is 2. The predicted octanol–water partition coefficient (Wildman–Crippen LogP) is 6.74. The molecule has 0 radical (unpaired) electrons. The molecule has 2 atom stereocenters. The summed E-state index contributed by atoms with van der Waals surface area (Å²) in [6.45, 7) is 6.27. The van der Waals surface area contributed by atoms with Gasteiger partial charge in [0.1, 0.15) is 10.7 Å². The van der Waals surface area contributed by atoms with Crippen molar-refractivity contribution >= 4 is 10.0 Å². The van der Waals surface area contributed by atoms with Crippen molar-refractivity contribution < 1.29 is 21.9 Å². The Balaban J connectivity index is 0.000000180. The predicted molar refractivity (Wildman–Crippen MR) is 154 cm³/mol. The summed E-state index contributed by atoms with van der Waals surface area (Å²) >= 11 is 0. The lowest BCUT2D eigenvalue weighted by molar-refractivity contribution is 0.366. The van der Waals surface area contributed by atoms with Gasteiger partial charge in [-0.05, 0) is 112 Å². The molecule has 0 spiro atoms. The van der Waals surface area contributed by atoms with Gasteiger partial charge < -0.3 is 10.1 Å². The van der Waals surface area contributed by atoms with E-state index >= 15 is 0 Å². The van der Waals surface area contributed by atoms with Gasteiger partial charge in [0.25, 0.3) is 0 Å². The number of hydrogen-bond donors (Lipinski definition) is 2. The number of rotatable bonds is 6. The van der Waals surface area contributed by atoms with Crippen LogP contribution in [0.2, 0.25) is 0 Å². The Bertz CT molecular complexity index is 1200. The lowest BCUT2D eigenvalue weighted by Gasteiger charge is -2.34. The first kappa shape index (κ1) is 31.2. The Morgan fingerprint density at radius 3 is 2.18 bits per heavy atom. The number of nitrogens with one attached hydrogen (secondary N) is 2. The molecule has 5 rings (SSSR count). The van der Waals surface area contributed by atoms with Crippen molar-refractivity contribution in [1.82, 2.24) is 10.0 Å². The first-order chi connectivity index (χ1) is 18.6. The minimum atomic E-state index is -3.65. The van der Waals surface area contributed by atoms with Crippen molar-refractivity contribution in [3.63, 3.8) is 0 Å². The summed E-state index contributed by atoms with van der Waals surface area (Å²) in [5.74, 6) is 1.69.